The van der Waals surface area contributed by atoms with Crippen LogP contribution in [-0.4, -0.2) is 34.8 Å². The Morgan fingerprint density at radius 2 is 2.12 bits per heavy atom. The van der Waals surface area contributed by atoms with Crippen molar-refractivity contribution in [1.82, 2.24) is 14.9 Å². The summed E-state index contributed by atoms with van der Waals surface area (Å²) in [6.07, 6.45) is 1.53. The van der Waals surface area contributed by atoms with Crippen molar-refractivity contribution in [3.05, 3.63) is 41.7 Å². The smallest absolute Gasteiger partial charge is 0.345 e. The molecule has 0 radical (unpaired) electrons. The molecular weight excluding hydrogens is 342 g/mol. The van der Waals surface area contributed by atoms with Gasteiger partial charge in [0, 0.05) is 24.9 Å². The molecular formula is C17H15N3O6. The van der Waals surface area contributed by atoms with Gasteiger partial charge in [-0.2, -0.15) is 0 Å². The summed E-state index contributed by atoms with van der Waals surface area (Å²) in [5.74, 6) is 1.53. The maximum Gasteiger partial charge on any atom is 0.345 e. The highest BCUT2D eigenvalue weighted by atomic mass is 16.7. The predicted octanol–water partition coefficient (Wildman–Crippen LogP) is 2.17. The Morgan fingerprint density at radius 1 is 1.27 bits per heavy atom. The molecule has 0 amide bonds. The fraction of sp³-hybridized carbons (Fsp3) is 0.235. The molecule has 0 atom stereocenters. The van der Waals surface area contributed by atoms with Gasteiger partial charge in [-0.25, -0.2) is 4.79 Å². The van der Waals surface area contributed by atoms with Crippen LogP contribution in [0.25, 0.3) is 11.3 Å². The SMILES string of the molecule is COc1nn(C)cc1C(=O)OCc1cc(-c2ccc3c(c2)OCO3)on1. The Balaban J connectivity index is 1.44. The molecule has 134 valence electrons. The summed E-state index contributed by atoms with van der Waals surface area (Å²) < 4.78 is 27.7. The molecule has 0 aliphatic carbocycles. The van der Waals surface area contributed by atoms with Crippen molar-refractivity contribution in [3.63, 3.8) is 0 Å². The van der Waals surface area contributed by atoms with Gasteiger partial charge in [0.15, 0.2) is 17.3 Å². The van der Waals surface area contributed by atoms with E-state index in [2.05, 4.69) is 10.3 Å². The summed E-state index contributed by atoms with van der Waals surface area (Å²) in [7, 11) is 3.13. The zero-order valence-corrected chi connectivity index (χ0v) is 14.1. The van der Waals surface area contributed by atoms with E-state index >= 15 is 0 Å². The molecule has 1 aromatic carbocycles. The van der Waals surface area contributed by atoms with Gasteiger partial charge in [-0.05, 0) is 18.2 Å². The van der Waals surface area contributed by atoms with Crippen LogP contribution < -0.4 is 14.2 Å². The second-order valence-electron chi connectivity index (χ2n) is 5.55. The summed E-state index contributed by atoms with van der Waals surface area (Å²) in [6.45, 7) is 0.166. The zero-order chi connectivity index (χ0) is 18.1. The van der Waals surface area contributed by atoms with Crippen molar-refractivity contribution in [1.29, 1.82) is 0 Å². The third kappa shape index (κ3) is 2.94. The van der Waals surface area contributed by atoms with Gasteiger partial charge in [-0.3, -0.25) is 4.68 Å². The maximum atomic E-state index is 12.2. The minimum atomic E-state index is -0.553. The number of hydrogen-bond acceptors (Lipinski definition) is 8. The summed E-state index contributed by atoms with van der Waals surface area (Å²) in [4.78, 5) is 12.2. The summed E-state index contributed by atoms with van der Waals surface area (Å²) in [5.41, 5.74) is 1.51. The Morgan fingerprint density at radius 3 is 2.96 bits per heavy atom. The molecule has 3 heterocycles. The van der Waals surface area contributed by atoms with E-state index < -0.39 is 5.97 Å². The van der Waals surface area contributed by atoms with Crippen LogP contribution in [0.15, 0.2) is 35.0 Å². The number of aromatic nitrogens is 3. The lowest BCUT2D eigenvalue weighted by Gasteiger charge is -2.01. The molecule has 9 heteroatoms. The molecule has 0 N–H and O–H groups in total. The largest absolute Gasteiger partial charge is 0.479 e. The number of hydrogen-bond donors (Lipinski definition) is 0. The lowest BCUT2D eigenvalue weighted by molar-refractivity contribution is 0.0460. The molecule has 26 heavy (non-hydrogen) atoms. The Hall–Kier alpha value is -3.49. The molecule has 0 spiro atoms. The van der Waals surface area contributed by atoms with E-state index in [9.17, 15) is 4.79 Å². The summed E-state index contributed by atoms with van der Waals surface area (Å²) in [5, 5.41) is 7.94. The molecule has 3 aromatic rings. The van der Waals surface area contributed by atoms with E-state index in [-0.39, 0.29) is 24.8 Å². The lowest BCUT2D eigenvalue weighted by atomic mass is 10.1. The lowest BCUT2D eigenvalue weighted by Crippen LogP contribution is -2.06. The van der Waals surface area contributed by atoms with Crippen molar-refractivity contribution in [2.24, 2.45) is 7.05 Å². The topological polar surface area (TPSA) is 97.8 Å². The number of carbonyl (C=O) groups excluding carboxylic acids is 1. The standard InChI is InChI=1S/C17H15N3O6/c1-20-7-12(16(18-20)22-2)17(21)23-8-11-6-14(26-19-11)10-3-4-13-15(5-10)25-9-24-13/h3-7H,8-9H2,1-2H3. The molecule has 0 saturated heterocycles. The number of aryl methyl sites for hydroxylation is 1. The fourth-order valence-corrected chi connectivity index (χ4v) is 2.54. The predicted molar refractivity (Wildman–Crippen MR) is 86.9 cm³/mol. The van der Waals surface area contributed by atoms with Gasteiger partial charge in [0.05, 0.1) is 7.11 Å². The van der Waals surface area contributed by atoms with E-state index in [0.717, 1.165) is 5.56 Å². The first-order valence-electron chi connectivity index (χ1n) is 7.74. The van der Waals surface area contributed by atoms with E-state index in [0.29, 0.717) is 23.0 Å². The Kier molecular flexibility index (Phi) is 3.96. The second kappa shape index (κ2) is 6.43. The zero-order valence-electron chi connectivity index (χ0n) is 14.1. The molecule has 1 aliphatic heterocycles. The molecule has 2 aromatic heterocycles. The third-order valence-corrected chi connectivity index (χ3v) is 3.78. The van der Waals surface area contributed by atoms with E-state index in [1.54, 1.807) is 25.2 Å². The summed E-state index contributed by atoms with van der Waals surface area (Å²) >= 11 is 0. The number of rotatable bonds is 5. The van der Waals surface area contributed by atoms with Crippen molar-refractivity contribution in [3.8, 4) is 28.7 Å². The van der Waals surface area contributed by atoms with Gasteiger partial charge in [0.2, 0.25) is 12.7 Å². The van der Waals surface area contributed by atoms with Gasteiger partial charge in [-0.1, -0.05) is 5.16 Å². The van der Waals surface area contributed by atoms with E-state index in [4.69, 9.17) is 23.5 Å². The number of ether oxygens (including phenoxy) is 4. The van der Waals surface area contributed by atoms with Crippen LogP contribution in [0.4, 0.5) is 0 Å². The number of esters is 1. The molecule has 0 fully saturated rings. The molecule has 0 saturated carbocycles. The maximum absolute atomic E-state index is 12.2. The molecule has 4 rings (SSSR count). The number of methoxy groups -OCH3 is 1. The van der Waals surface area contributed by atoms with Crippen LogP contribution in [0.3, 0.4) is 0 Å². The summed E-state index contributed by atoms with van der Waals surface area (Å²) in [6, 6.07) is 7.14. The average Bonchev–Trinajstić information content (AvgIpc) is 3.37. The van der Waals surface area contributed by atoms with Crippen LogP contribution in [0, 0.1) is 0 Å². The number of benzene rings is 1. The van der Waals surface area contributed by atoms with Crippen LogP contribution in [0.5, 0.6) is 17.4 Å². The van der Waals surface area contributed by atoms with Gasteiger partial charge < -0.3 is 23.5 Å². The normalized spacial score (nSPS) is 12.2. The van der Waals surface area contributed by atoms with E-state index in [1.165, 1.54) is 18.0 Å². The van der Waals surface area contributed by atoms with Crippen molar-refractivity contribution in [2.45, 2.75) is 6.61 Å². The van der Waals surface area contributed by atoms with Crippen LogP contribution in [0.2, 0.25) is 0 Å². The number of fused-ring (bicyclic) bond motifs is 1. The first-order valence-corrected chi connectivity index (χ1v) is 7.74. The van der Waals surface area contributed by atoms with Crippen molar-refractivity contribution < 1.29 is 28.3 Å². The van der Waals surface area contributed by atoms with Gasteiger partial charge in [0.25, 0.3) is 0 Å². The highest BCUT2D eigenvalue weighted by Crippen LogP contribution is 2.36. The monoisotopic (exact) mass is 357 g/mol. The van der Waals surface area contributed by atoms with Crippen LogP contribution in [-0.2, 0) is 18.4 Å². The van der Waals surface area contributed by atoms with E-state index in [1.807, 2.05) is 6.07 Å². The average molecular weight is 357 g/mol. The highest BCUT2D eigenvalue weighted by molar-refractivity contribution is 5.91. The van der Waals surface area contributed by atoms with Crippen LogP contribution >= 0.6 is 0 Å². The van der Waals surface area contributed by atoms with Gasteiger partial charge >= 0.3 is 5.97 Å². The Labute approximate surface area is 148 Å². The number of nitrogens with zero attached hydrogens (tertiary/aromatic N) is 3. The fourth-order valence-electron chi connectivity index (χ4n) is 2.54. The quantitative estimate of drug-likeness (QED) is 0.641. The minimum absolute atomic E-state index is 0.0368. The van der Waals surface area contributed by atoms with Gasteiger partial charge in [0.1, 0.15) is 17.9 Å². The number of carbonyl (C=O) groups is 1. The van der Waals surface area contributed by atoms with Crippen molar-refractivity contribution in [2.75, 3.05) is 13.9 Å². The first kappa shape index (κ1) is 16.0. The molecule has 9 nitrogen and oxygen atoms in total. The third-order valence-electron chi connectivity index (χ3n) is 3.78. The van der Waals surface area contributed by atoms with Crippen LogP contribution in [0.1, 0.15) is 16.1 Å². The molecule has 0 bridgehead atoms. The first-order chi connectivity index (χ1) is 12.6. The minimum Gasteiger partial charge on any atom is -0.479 e. The van der Waals surface area contributed by atoms with Gasteiger partial charge in [-0.15, -0.1) is 5.10 Å². The van der Waals surface area contributed by atoms with Crippen molar-refractivity contribution >= 4 is 5.97 Å². The molecule has 1 aliphatic rings. The highest BCUT2D eigenvalue weighted by Gasteiger charge is 2.19. The molecule has 0 unspecified atom stereocenters. The second-order valence-corrected chi connectivity index (χ2v) is 5.55. The Bertz CT molecular complexity index is 961.